The molecule has 1 aromatic carbocycles. The lowest BCUT2D eigenvalue weighted by Crippen LogP contribution is -2.62. The van der Waals surface area contributed by atoms with Crippen molar-refractivity contribution in [2.45, 2.75) is 31.8 Å². The molecule has 8 heteroatoms. The van der Waals surface area contributed by atoms with Crippen LogP contribution >= 0.6 is 0 Å². The third kappa shape index (κ3) is 3.00. The van der Waals surface area contributed by atoms with E-state index in [1.165, 1.54) is 17.0 Å². The fourth-order valence-corrected chi connectivity index (χ4v) is 5.92. The van der Waals surface area contributed by atoms with Crippen molar-refractivity contribution in [1.82, 2.24) is 9.80 Å². The summed E-state index contributed by atoms with van der Waals surface area (Å²) in [5.74, 6) is -1.09. The number of benzene rings is 1. The van der Waals surface area contributed by atoms with Crippen LogP contribution in [0.1, 0.15) is 28.8 Å². The first-order chi connectivity index (χ1) is 12.3. The molecule has 3 aliphatic rings. The second-order valence-electron chi connectivity index (χ2n) is 7.48. The Morgan fingerprint density at radius 3 is 2.31 bits per heavy atom. The predicted molar refractivity (Wildman–Crippen MR) is 92.8 cm³/mol. The average molecular weight is 380 g/mol. The first-order valence-corrected chi connectivity index (χ1v) is 10.7. The molecule has 26 heavy (non-hydrogen) atoms. The highest BCUT2D eigenvalue weighted by Crippen LogP contribution is 2.35. The maximum absolute atomic E-state index is 13.8. The predicted octanol–water partition coefficient (Wildman–Crippen LogP) is 0.994. The van der Waals surface area contributed by atoms with Crippen LogP contribution < -0.4 is 0 Å². The molecular formula is C18H21FN2O4S. The van der Waals surface area contributed by atoms with Gasteiger partial charge in [-0.05, 0) is 37.5 Å². The fraction of sp³-hybridized carbons (Fsp3) is 0.556. The minimum absolute atomic E-state index is 0.00517. The SMILES string of the molecule is Cc1ccc(C(=O)N2CCN(C(=O)C3CC3)[C@@H]3CS(=O)(=O)C[C@@H]32)cc1F. The summed E-state index contributed by atoms with van der Waals surface area (Å²) >= 11 is 0. The topological polar surface area (TPSA) is 74.8 Å². The summed E-state index contributed by atoms with van der Waals surface area (Å²) in [7, 11) is -3.33. The van der Waals surface area contributed by atoms with Gasteiger partial charge in [0.25, 0.3) is 5.91 Å². The van der Waals surface area contributed by atoms with Gasteiger partial charge in [-0.2, -0.15) is 0 Å². The van der Waals surface area contributed by atoms with Crippen LogP contribution in [0.4, 0.5) is 4.39 Å². The van der Waals surface area contributed by atoms with E-state index in [-0.39, 0.29) is 41.3 Å². The van der Waals surface area contributed by atoms with Crippen molar-refractivity contribution in [2.24, 2.45) is 5.92 Å². The van der Waals surface area contributed by atoms with Gasteiger partial charge in [0, 0.05) is 24.6 Å². The monoisotopic (exact) mass is 380 g/mol. The van der Waals surface area contributed by atoms with Gasteiger partial charge in [0.1, 0.15) is 5.82 Å². The number of amides is 2. The molecule has 4 rings (SSSR count). The summed E-state index contributed by atoms with van der Waals surface area (Å²) in [6.45, 7) is 2.21. The Balaban J connectivity index is 1.62. The molecular weight excluding hydrogens is 359 g/mol. The standard InChI is InChI=1S/C18H21FN2O4S/c1-11-2-3-13(8-14(11)19)18(23)21-7-6-20(17(22)12-4-5-12)15-9-26(24,25)10-16(15)21/h2-3,8,12,15-16H,4-7,9-10H2,1H3/t15-,16+/m1/s1. The molecule has 1 aromatic rings. The number of piperazine rings is 1. The number of aryl methyl sites for hydroxylation is 1. The van der Waals surface area contributed by atoms with Gasteiger partial charge in [-0.25, -0.2) is 12.8 Å². The van der Waals surface area contributed by atoms with Gasteiger partial charge in [-0.15, -0.1) is 0 Å². The zero-order valence-corrected chi connectivity index (χ0v) is 15.3. The number of sulfone groups is 1. The summed E-state index contributed by atoms with van der Waals surface area (Å²) in [6.07, 6.45) is 1.70. The number of carbonyl (C=O) groups excluding carboxylic acids is 2. The Morgan fingerprint density at radius 2 is 1.69 bits per heavy atom. The number of fused-ring (bicyclic) bond motifs is 1. The first-order valence-electron chi connectivity index (χ1n) is 8.85. The summed E-state index contributed by atoms with van der Waals surface area (Å²) in [6, 6.07) is 3.23. The van der Waals surface area contributed by atoms with Gasteiger partial charge in [0.05, 0.1) is 23.6 Å². The van der Waals surface area contributed by atoms with Crippen LogP contribution in [0.5, 0.6) is 0 Å². The summed E-state index contributed by atoms with van der Waals surface area (Å²) < 4.78 is 38.3. The van der Waals surface area contributed by atoms with E-state index in [0.717, 1.165) is 12.8 Å². The van der Waals surface area contributed by atoms with Crippen molar-refractivity contribution in [3.8, 4) is 0 Å². The van der Waals surface area contributed by atoms with Gasteiger partial charge >= 0.3 is 0 Å². The van der Waals surface area contributed by atoms with Crippen LogP contribution in [0.15, 0.2) is 18.2 Å². The van der Waals surface area contributed by atoms with Crippen LogP contribution in [0.2, 0.25) is 0 Å². The van der Waals surface area contributed by atoms with E-state index in [1.54, 1.807) is 17.9 Å². The number of halogens is 1. The normalized spacial score (nSPS) is 27.3. The molecule has 1 saturated carbocycles. The van der Waals surface area contributed by atoms with E-state index < -0.39 is 27.7 Å². The molecule has 2 heterocycles. The largest absolute Gasteiger partial charge is 0.335 e. The molecule has 2 aliphatic heterocycles. The molecule has 0 radical (unpaired) electrons. The highest BCUT2D eigenvalue weighted by Gasteiger charge is 2.51. The highest BCUT2D eigenvalue weighted by molar-refractivity contribution is 7.91. The van der Waals surface area contributed by atoms with Crippen molar-refractivity contribution < 1.29 is 22.4 Å². The van der Waals surface area contributed by atoms with Gasteiger partial charge in [0.15, 0.2) is 9.84 Å². The van der Waals surface area contributed by atoms with E-state index in [4.69, 9.17) is 0 Å². The van der Waals surface area contributed by atoms with Crippen LogP contribution in [0.25, 0.3) is 0 Å². The molecule has 140 valence electrons. The molecule has 0 spiro atoms. The smallest absolute Gasteiger partial charge is 0.254 e. The van der Waals surface area contributed by atoms with Gasteiger partial charge < -0.3 is 9.80 Å². The summed E-state index contributed by atoms with van der Waals surface area (Å²) in [4.78, 5) is 28.6. The molecule has 2 atom stereocenters. The molecule has 0 aromatic heterocycles. The fourth-order valence-electron chi connectivity index (χ4n) is 3.94. The average Bonchev–Trinajstić information content (AvgIpc) is 3.37. The number of hydrogen-bond acceptors (Lipinski definition) is 4. The van der Waals surface area contributed by atoms with Crippen molar-refractivity contribution in [3.05, 3.63) is 35.1 Å². The highest BCUT2D eigenvalue weighted by atomic mass is 32.2. The van der Waals surface area contributed by atoms with Gasteiger partial charge in [-0.3, -0.25) is 9.59 Å². The molecule has 6 nitrogen and oxygen atoms in total. The lowest BCUT2D eigenvalue weighted by atomic mass is 10.0. The summed E-state index contributed by atoms with van der Waals surface area (Å²) in [5, 5.41) is 0. The molecule has 0 N–H and O–H groups in total. The van der Waals surface area contributed by atoms with E-state index >= 15 is 0 Å². The van der Waals surface area contributed by atoms with Crippen molar-refractivity contribution in [2.75, 3.05) is 24.6 Å². The Hall–Kier alpha value is -1.96. The zero-order valence-electron chi connectivity index (χ0n) is 14.5. The Kier molecular flexibility index (Phi) is 4.06. The Labute approximate surface area is 151 Å². The zero-order chi connectivity index (χ0) is 18.6. The summed E-state index contributed by atoms with van der Waals surface area (Å²) in [5.41, 5.74) is 0.654. The minimum atomic E-state index is -3.33. The third-order valence-electron chi connectivity index (χ3n) is 5.57. The first kappa shape index (κ1) is 17.5. The second kappa shape index (κ2) is 6.04. The van der Waals surface area contributed by atoms with Gasteiger partial charge in [0.2, 0.25) is 5.91 Å². The lowest BCUT2D eigenvalue weighted by Gasteiger charge is -2.44. The van der Waals surface area contributed by atoms with E-state index in [9.17, 15) is 22.4 Å². The molecule has 2 amide bonds. The maximum atomic E-state index is 13.8. The van der Waals surface area contributed by atoms with Crippen molar-refractivity contribution >= 4 is 21.7 Å². The van der Waals surface area contributed by atoms with Crippen LogP contribution in [0, 0.1) is 18.7 Å². The number of rotatable bonds is 2. The van der Waals surface area contributed by atoms with Crippen molar-refractivity contribution in [3.63, 3.8) is 0 Å². The Bertz CT molecular complexity index is 881. The molecule has 2 saturated heterocycles. The van der Waals surface area contributed by atoms with E-state index in [1.807, 2.05) is 0 Å². The third-order valence-corrected chi connectivity index (χ3v) is 7.26. The second-order valence-corrected chi connectivity index (χ2v) is 9.63. The number of hydrogen-bond donors (Lipinski definition) is 0. The molecule has 0 bridgehead atoms. The number of nitrogens with zero attached hydrogens (tertiary/aromatic N) is 2. The molecule has 0 unspecified atom stereocenters. The van der Waals surface area contributed by atoms with Crippen LogP contribution in [-0.2, 0) is 14.6 Å². The molecule has 1 aliphatic carbocycles. The van der Waals surface area contributed by atoms with E-state index in [0.29, 0.717) is 12.1 Å². The van der Waals surface area contributed by atoms with E-state index in [2.05, 4.69) is 0 Å². The quantitative estimate of drug-likeness (QED) is 0.767. The molecule has 3 fully saturated rings. The minimum Gasteiger partial charge on any atom is -0.335 e. The van der Waals surface area contributed by atoms with Crippen molar-refractivity contribution in [1.29, 1.82) is 0 Å². The maximum Gasteiger partial charge on any atom is 0.254 e. The van der Waals surface area contributed by atoms with Gasteiger partial charge in [-0.1, -0.05) is 6.07 Å². The van der Waals surface area contributed by atoms with Crippen LogP contribution in [-0.4, -0.2) is 66.7 Å². The lowest BCUT2D eigenvalue weighted by molar-refractivity contribution is -0.137. The Morgan fingerprint density at radius 1 is 1.08 bits per heavy atom. The van der Waals surface area contributed by atoms with Crippen LogP contribution in [0.3, 0.4) is 0 Å². The number of carbonyl (C=O) groups is 2.